The number of carboxylic acids is 1. The van der Waals surface area contributed by atoms with Crippen LogP contribution in [0.15, 0.2) is 0 Å². The third-order valence-electron chi connectivity index (χ3n) is 4.78. The number of hydrogen-bond acceptors (Lipinski definition) is 7. The van der Waals surface area contributed by atoms with Crippen molar-refractivity contribution in [2.24, 2.45) is 5.92 Å². The van der Waals surface area contributed by atoms with Crippen molar-refractivity contribution in [2.75, 3.05) is 24.6 Å². The largest absolute Gasteiger partial charge is 0.480 e. The zero-order chi connectivity index (χ0) is 24.7. The predicted molar refractivity (Wildman–Crippen MR) is 123 cm³/mol. The van der Waals surface area contributed by atoms with Gasteiger partial charge in [-0.3, -0.25) is 13.9 Å². The molecule has 0 saturated heterocycles. The van der Waals surface area contributed by atoms with E-state index in [1.54, 1.807) is 0 Å². The SMILES string of the molecule is CC.CC(C)(NCCCS(=O)(=O)O)C(=O)O.CC1CCCCC1NCCCS(=O)(=O)O. The van der Waals surface area contributed by atoms with Gasteiger partial charge in [0.2, 0.25) is 0 Å². The van der Waals surface area contributed by atoms with Crippen molar-refractivity contribution in [2.45, 2.75) is 84.7 Å². The van der Waals surface area contributed by atoms with E-state index in [1.807, 2.05) is 13.8 Å². The Bertz CT molecular complexity index is 694. The number of carboxylic acid groups (broad SMARTS) is 1. The van der Waals surface area contributed by atoms with Crippen LogP contribution in [0.3, 0.4) is 0 Å². The molecule has 1 saturated carbocycles. The Morgan fingerprint density at radius 2 is 1.39 bits per heavy atom. The molecule has 188 valence electrons. The molecule has 0 radical (unpaired) electrons. The van der Waals surface area contributed by atoms with E-state index in [2.05, 4.69) is 17.6 Å². The van der Waals surface area contributed by atoms with E-state index in [0.29, 0.717) is 24.9 Å². The second-order valence-electron chi connectivity index (χ2n) is 7.96. The minimum absolute atomic E-state index is 0.138. The van der Waals surface area contributed by atoms with Crippen LogP contribution in [-0.4, -0.2) is 73.2 Å². The van der Waals surface area contributed by atoms with Gasteiger partial charge in [0.1, 0.15) is 5.54 Å². The highest BCUT2D eigenvalue weighted by atomic mass is 32.2. The Hall–Kier alpha value is -0.790. The lowest BCUT2D eigenvalue weighted by molar-refractivity contribution is -0.143. The van der Waals surface area contributed by atoms with Crippen molar-refractivity contribution in [3.63, 3.8) is 0 Å². The van der Waals surface area contributed by atoms with Gasteiger partial charge in [-0.25, -0.2) is 0 Å². The van der Waals surface area contributed by atoms with Crippen LogP contribution in [-0.2, 0) is 25.0 Å². The van der Waals surface area contributed by atoms with Crippen LogP contribution in [0, 0.1) is 5.92 Å². The molecule has 5 N–H and O–H groups in total. The second kappa shape index (κ2) is 15.9. The fourth-order valence-electron chi connectivity index (χ4n) is 2.89. The van der Waals surface area contributed by atoms with Gasteiger partial charge in [0.25, 0.3) is 20.2 Å². The highest BCUT2D eigenvalue weighted by molar-refractivity contribution is 7.86. The molecule has 0 aromatic heterocycles. The summed E-state index contributed by atoms with van der Waals surface area (Å²) in [5.41, 5.74) is -1.08. The number of nitrogens with one attached hydrogen (secondary N) is 2. The van der Waals surface area contributed by atoms with Crippen molar-refractivity contribution < 1.29 is 35.8 Å². The van der Waals surface area contributed by atoms with Gasteiger partial charge in [-0.15, -0.1) is 0 Å². The summed E-state index contributed by atoms with van der Waals surface area (Å²) in [6, 6.07) is 0.528. The smallest absolute Gasteiger partial charge is 0.323 e. The molecule has 0 bridgehead atoms. The molecule has 0 aromatic carbocycles. The van der Waals surface area contributed by atoms with Gasteiger partial charge < -0.3 is 15.7 Å². The topological polar surface area (TPSA) is 170 Å². The van der Waals surface area contributed by atoms with Gasteiger partial charge in [-0.05, 0) is 58.5 Å². The molecule has 1 aliphatic carbocycles. The van der Waals surface area contributed by atoms with Gasteiger partial charge in [-0.2, -0.15) is 16.8 Å². The van der Waals surface area contributed by atoms with Crippen LogP contribution < -0.4 is 10.6 Å². The van der Waals surface area contributed by atoms with Crippen molar-refractivity contribution in [3.8, 4) is 0 Å². The second-order valence-corrected chi connectivity index (χ2v) is 11.1. The molecule has 0 heterocycles. The van der Waals surface area contributed by atoms with Crippen molar-refractivity contribution >= 4 is 26.2 Å². The van der Waals surface area contributed by atoms with Gasteiger partial charge in [-0.1, -0.05) is 33.6 Å². The molecule has 0 aliphatic heterocycles. The molecule has 31 heavy (non-hydrogen) atoms. The van der Waals surface area contributed by atoms with Crippen molar-refractivity contribution in [1.29, 1.82) is 0 Å². The maximum absolute atomic E-state index is 10.6. The highest BCUT2D eigenvalue weighted by Crippen LogP contribution is 2.23. The van der Waals surface area contributed by atoms with Gasteiger partial charge in [0.15, 0.2) is 0 Å². The summed E-state index contributed by atoms with van der Waals surface area (Å²) in [6.45, 7) is 10.1. The summed E-state index contributed by atoms with van der Waals surface area (Å²) in [7, 11) is -7.73. The fourth-order valence-corrected chi connectivity index (χ4v) is 3.91. The summed E-state index contributed by atoms with van der Waals surface area (Å²) in [4.78, 5) is 10.6. The van der Waals surface area contributed by atoms with Gasteiger partial charge in [0.05, 0.1) is 11.5 Å². The Kier molecular flexibility index (Phi) is 16.6. The van der Waals surface area contributed by atoms with Crippen LogP contribution >= 0.6 is 0 Å². The Labute approximate surface area is 188 Å². The van der Waals surface area contributed by atoms with E-state index < -0.39 is 31.7 Å². The maximum Gasteiger partial charge on any atom is 0.323 e. The summed E-state index contributed by atoms with van der Waals surface area (Å²) in [6.07, 6.45) is 5.69. The first-order chi connectivity index (χ1) is 14.1. The average molecular weight is 491 g/mol. The summed E-state index contributed by atoms with van der Waals surface area (Å²) >= 11 is 0. The maximum atomic E-state index is 10.6. The normalized spacial score (nSPS) is 19.5. The van der Waals surface area contributed by atoms with Crippen LogP contribution in [0.1, 0.15) is 73.1 Å². The van der Waals surface area contributed by atoms with Crippen molar-refractivity contribution in [3.05, 3.63) is 0 Å². The third-order valence-corrected chi connectivity index (χ3v) is 6.39. The van der Waals surface area contributed by atoms with Crippen LogP contribution in [0.5, 0.6) is 0 Å². The Balaban J connectivity index is 0. The van der Waals surface area contributed by atoms with E-state index >= 15 is 0 Å². The first kappa shape index (κ1) is 32.4. The number of aliphatic carboxylic acids is 1. The van der Waals surface area contributed by atoms with Gasteiger partial charge >= 0.3 is 5.97 Å². The minimum atomic E-state index is -3.95. The highest BCUT2D eigenvalue weighted by Gasteiger charge is 2.25. The zero-order valence-corrected chi connectivity index (χ0v) is 21.1. The molecule has 10 nitrogen and oxygen atoms in total. The van der Waals surface area contributed by atoms with E-state index in [-0.39, 0.29) is 24.5 Å². The lowest BCUT2D eigenvalue weighted by atomic mass is 9.86. The Morgan fingerprint density at radius 3 is 1.81 bits per heavy atom. The molecule has 12 heteroatoms. The van der Waals surface area contributed by atoms with Crippen LogP contribution in [0.2, 0.25) is 0 Å². The number of carbonyl (C=O) groups is 1. The quantitative estimate of drug-likeness (QED) is 0.213. The molecular weight excluding hydrogens is 448 g/mol. The molecule has 0 amide bonds. The van der Waals surface area contributed by atoms with E-state index in [9.17, 15) is 21.6 Å². The first-order valence-corrected chi connectivity index (χ1v) is 14.0. The predicted octanol–water partition coefficient (Wildman–Crippen LogP) is 2.18. The fraction of sp³-hybridized carbons (Fsp3) is 0.947. The average Bonchev–Trinajstić information content (AvgIpc) is 2.64. The molecule has 1 rings (SSSR count). The lowest BCUT2D eigenvalue weighted by Gasteiger charge is -2.29. The monoisotopic (exact) mass is 490 g/mol. The first-order valence-electron chi connectivity index (χ1n) is 10.8. The third kappa shape index (κ3) is 19.6. The summed E-state index contributed by atoms with van der Waals surface area (Å²) in [5, 5.41) is 14.7. The molecule has 1 fully saturated rings. The number of hydrogen-bond donors (Lipinski definition) is 5. The molecule has 1 aliphatic rings. The number of rotatable bonds is 11. The Morgan fingerprint density at radius 1 is 0.935 bits per heavy atom. The molecule has 0 aromatic rings. The summed E-state index contributed by atoms with van der Waals surface area (Å²) < 4.78 is 58.5. The lowest BCUT2D eigenvalue weighted by Crippen LogP contribution is -2.47. The molecular formula is C19H42N2O8S2. The molecule has 2 atom stereocenters. The van der Waals surface area contributed by atoms with E-state index in [4.69, 9.17) is 14.2 Å². The van der Waals surface area contributed by atoms with E-state index in [0.717, 1.165) is 0 Å². The standard InChI is InChI=1S/C10H21NO3S.C7H15NO5S.C2H6/c1-9-5-2-3-6-10(9)11-7-4-8-15(12,13)14;1-7(2,6(9)10)8-4-3-5-14(11,12)13;1-2/h9-11H,2-8H2,1H3,(H,12,13,14);8H,3-5H2,1-2H3,(H,9,10)(H,11,12,13);1-2H3. The van der Waals surface area contributed by atoms with Gasteiger partial charge in [0, 0.05) is 6.04 Å². The molecule has 0 spiro atoms. The molecule has 2 unspecified atom stereocenters. The summed E-state index contributed by atoms with van der Waals surface area (Å²) in [5.74, 6) is -0.828. The zero-order valence-electron chi connectivity index (χ0n) is 19.4. The van der Waals surface area contributed by atoms with Crippen molar-refractivity contribution in [1.82, 2.24) is 10.6 Å². The van der Waals surface area contributed by atoms with E-state index in [1.165, 1.54) is 39.5 Å². The minimum Gasteiger partial charge on any atom is -0.480 e. The van der Waals surface area contributed by atoms with Crippen LogP contribution in [0.25, 0.3) is 0 Å². The van der Waals surface area contributed by atoms with Crippen LogP contribution in [0.4, 0.5) is 0 Å².